The second kappa shape index (κ2) is 24.5. The van der Waals surface area contributed by atoms with Gasteiger partial charge in [-0.3, -0.25) is 0 Å². The first-order valence-electron chi connectivity index (χ1n) is 24.0. The first-order chi connectivity index (χ1) is 30.4. The van der Waals surface area contributed by atoms with Crippen molar-refractivity contribution in [3.8, 4) is 22.6 Å². The summed E-state index contributed by atoms with van der Waals surface area (Å²) in [5.41, 5.74) is 4.13. The lowest BCUT2D eigenvalue weighted by Gasteiger charge is -2.21. The van der Waals surface area contributed by atoms with Crippen molar-refractivity contribution in [3.05, 3.63) is 96.1 Å². The van der Waals surface area contributed by atoms with Gasteiger partial charge in [0.1, 0.15) is 11.5 Å². The number of carbonyl (C=O) groups excluding carboxylic acids is 2. The molecule has 0 saturated carbocycles. The van der Waals surface area contributed by atoms with Gasteiger partial charge in [0, 0.05) is 21.5 Å². The third-order valence-corrected chi connectivity index (χ3v) is 12.3. The molecule has 0 fully saturated rings. The average Bonchev–Trinajstić information content (AvgIpc) is 3.28. The lowest BCUT2D eigenvalue weighted by Crippen LogP contribution is -2.12. The van der Waals surface area contributed by atoms with Crippen molar-refractivity contribution in [2.24, 2.45) is 0 Å². The highest BCUT2D eigenvalue weighted by Crippen LogP contribution is 2.50. The van der Waals surface area contributed by atoms with Crippen LogP contribution in [0.25, 0.3) is 54.2 Å². The van der Waals surface area contributed by atoms with E-state index in [1.54, 1.807) is 0 Å². The van der Waals surface area contributed by atoms with E-state index in [1.165, 1.54) is 89.9 Å². The molecular weight excluding hydrogens is 769 g/mol. The van der Waals surface area contributed by atoms with Crippen LogP contribution in [0.15, 0.2) is 84.9 Å². The molecule has 0 atom stereocenters. The summed E-state index contributed by atoms with van der Waals surface area (Å²) in [6, 6.07) is 28.9. The average molecular weight is 839 g/mol. The normalized spacial score (nSPS) is 11.5. The molecule has 0 aliphatic heterocycles. The second-order valence-corrected chi connectivity index (χ2v) is 17.4. The topological polar surface area (TPSA) is 71.1 Å². The van der Waals surface area contributed by atoms with Gasteiger partial charge in [0.25, 0.3) is 0 Å². The Labute approximate surface area is 370 Å². The number of fused-ring (bicyclic) bond motifs is 4. The summed E-state index contributed by atoms with van der Waals surface area (Å²) in [7, 11) is 0. The Kier molecular flexibility index (Phi) is 18.3. The molecule has 0 heterocycles. The number of carbonyl (C=O) groups is 2. The molecule has 6 aromatic rings. The molecule has 0 aliphatic rings. The van der Waals surface area contributed by atoms with Crippen molar-refractivity contribution in [1.82, 2.24) is 0 Å². The second-order valence-electron chi connectivity index (χ2n) is 17.4. The first-order valence-corrected chi connectivity index (χ1v) is 24.0. The number of aryl methyl sites for hydroxylation is 2. The molecule has 62 heavy (non-hydrogen) atoms. The van der Waals surface area contributed by atoms with Crippen LogP contribution in [0.2, 0.25) is 0 Å². The molecule has 0 saturated heterocycles. The smallest absolute Gasteiger partial charge is 0.434 e. The van der Waals surface area contributed by atoms with E-state index in [1.807, 2.05) is 36.4 Å². The van der Waals surface area contributed by atoms with Gasteiger partial charge in [-0.15, -0.1) is 0 Å². The molecule has 0 spiro atoms. The molecule has 330 valence electrons. The molecule has 0 bridgehead atoms. The number of unbranched alkanes of at least 4 members (excludes halogenated alkanes) is 18. The standard InChI is InChI=1S/C56H70O6/c1-5-7-9-11-13-15-17-19-21-27-37-59-55(57)61-53-47-31-25-23-29-43(47)51(45-35-33-41(3)39-49(45)53)52-44-30-24-26-32-48(44)54(50-40-42(4)34-36-46(50)52)62-56(58)60-38-28-22-20-18-16-14-12-10-8-6-2/h23-26,29-36,39-40H,5-22,27-28,37-38H2,1-4H3. The minimum Gasteiger partial charge on any atom is -0.434 e. The number of rotatable bonds is 25. The van der Waals surface area contributed by atoms with Crippen LogP contribution >= 0.6 is 0 Å². The molecule has 0 unspecified atom stereocenters. The predicted molar refractivity (Wildman–Crippen MR) is 259 cm³/mol. The molecule has 6 nitrogen and oxygen atoms in total. The van der Waals surface area contributed by atoms with Crippen molar-refractivity contribution < 1.29 is 28.5 Å². The Balaban J connectivity index is 1.24. The molecule has 0 N–H and O–H groups in total. The molecule has 0 aromatic heterocycles. The Hall–Kier alpha value is -5.10. The van der Waals surface area contributed by atoms with E-state index in [2.05, 4.69) is 76.2 Å². The van der Waals surface area contributed by atoms with Gasteiger partial charge in [-0.05, 0) is 71.5 Å². The predicted octanol–water partition coefficient (Wildman–Crippen LogP) is 17.5. The van der Waals surface area contributed by atoms with Crippen LogP contribution in [0, 0.1) is 13.8 Å². The monoisotopic (exact) mass is 839 g/mol. The van der Waals surface area contributed by atoms with Crippen LogP contribution in [0.1, 0.15) is 153 Å². The zero-order chi connectivity index (χ0) is 43.5. The van der Waals surface area contributed by atoms with E-state index < -0.39 is 12.3 Å². The lowest BCUT2D eigenvalue weighted by atomic mass is 9.85. The van der Waals surface area contributed by atoms with Gasteiger partial charge < -0.3 is 18.9 Å². The SMILES string of the molecule is CCCCCCCCCCCCOC(=O)Oc1c2ccccc2c(-c2c3ccccc3c(OC(=O)OCCCCCCCCCCCC)c3cc(C)ccc23)c2ccc(C)cc12. The number of hydrogen-bond acceptors (Lipinski definition) is 6. The highest BCUT2D eigenvalue weighted by atomic mass is 16.7. The molecule has 0 amide bonds. The van der Waals surface area contributed by atoms with E-state index in [4.69, 9.17) is 18.9 Å². The Morgan fingerprint density at radius 3 is 1.03 bits per heavy atom. The highest BCUT2D eigenvalue weighted by Gasteiger charge is 2.25. The third-order valence-electron chi connectivity index (χ3n) is 12.3. The maximum absolute atomic E-state index is 13.4. The van der Waals surface area contributed by atoms with Gasteiger partial charge in [0.15, 0.2) is 0 Å². The third kappa shape index (κ3) is 12.5. The summed E-state index contributed by atoms with van der Waals surface area (Å²) in [5, 5.41) is 7.07. The van der Waals surface area contributed by atoms with Crippen molar-refractivity contribution in [2.75, 3.05) is 13.2 Å². The van der Waals surface area contributed by atoms with Crippen LogP contribution < -0.4 is 9.47 Å². The lowest BCUT2D eigenvalue weighted by molar-refractivity contribution is 0.0972. The van der Waals surface area contributed by atoms with E-state index >= 15 is 0 Å². The zero-order valence-electron chi connectivity index (χ0n) is 38.1. The van der Waals surface area contributed by atoms with Gasteiger partial charge in [-0.1, -0.05) is 213 Å². The zero-order valence-corrected chi connectivity index (χ0v) is 38.1. The van der Waals surface area contributed by atoms with Crippen molar-refractivity contribution in [2.45, 2.75) is 156 Å². The minimum atomic E-state index is -0.686. The van der Waals surface area contributed by atoms with Gasteiger partial charge >= 0.3 is 12.3 Å². The number of hydrogen-bond donors (Lipinski definition) is 0. The summed E-state index contributed by atoms with van der Waals surface area (Å²) >= 11 is 0. The Bertz CT molecular complexity index is 2210. The molecule has 6 heteroatoms. The van der Waals surface area contributed by atoms with Gasteiger partial charge in [-0.25, -0.2) is 9.59 Å². The van der Waals surface area contributed by atoms with E-state index in [-0.39, 0.29) is 0 Å². The van der Waals surface area contributed by atoms with Crippen LogP contribution in [0.4, 0.5) is 9.59 Å². The summed E-state index contributed by atoms with van der Waals surface area (Å²) in [6.45, 7) is 9.28. The van der Waals surface area contributed by atoms with Crippen molar-refractivity contribution in [3.63, 3.8) is 0 Å². The van der Waals surface area contributed by atoms with E-state index in [0.29, 0.717) is 24.7 Å². The van der Waals surface area contributed by atoms with Gasteiger partial charge in [-0.2, -0.15) is 0 Å². The van der Waals surface area contributed by atoms with Crippen LogP contribution in [0.3, 0.4) is 0 Å². The van der Waals surface area contributed by atoms with Crippen LogP contribution in [-0.2, 0) is 9.47 Å². The fraction of sp³-hybridized carbons (Fsp3) is 0.464. The minimum absolute atomic E-state index is 0.334. The highest BCUT2D eigenvalue weighted by molar-refractivity contribution is 6.27. The fourth-order valence-corrected chi connectivity index (χ4v) is 8.98. The molecule has 6 aromatic carbocycles. The first kappa shape index (κ1) is 46.4. The summed E-state index contributed by atoms with van der Waals surface area (Å²) < 4.78 is 23.7. The Morgan fingerprint density at radius 2 is 0.677 bits per heavy atom. The van der Waals surface area contributed by atoms with Crippen LogP contribution in [0.5, 0.6) is 11.5 Å². The Morgan fingerprint density at radius 1 is 0.371 bits per heavy atom. The number of ether oxygens (including phenoxy) is 4. The maximum atomic E-state index is 13.4. The maximum Gasteiger partial charge on any atom is 0.513 e. The largest absolute Gasteiger partial charge is 0.513 e. The number of benzene rings is 6. The summed E-state index contributed by atoms with van der Waals surface area (Å²) in [4.78, 5) is 26.8. The molecule has 0 aliphatic carbocycles. The van der Waals surface area contributed by atoms with E-state index in [9.17, 15) is 9.59 Å². The fourth-order valence-electron chi connectivity index (χ4n) is 8.98. The van der Waals surface area contributed by atoms with E-state index in [0.717, 1.165) is 104 Å². The summed E-state index contributed by atoms with van der Waals surface area (Å²) in [5.74, 6) is 0.983. The van der Waals surface area contributed by atoms with Crippen molar-refractivity contribution in [1.29, 1.82) is 0 Å². The van der Waals surface area contributed by atoms with Crippen molar-refractivity contribution >= 4 is 55.4 Å². The molecule has 0 radical (unpaired) electrons. The molecule has 6 rings (SSSR count). The van der Waals surface area contributed by atoms with Gasteiger partial charge in [0.2, 0.25) is 0 Å². The van der Waals surface area contributed by atoms with Crippen LogP contribution in [-0.4, -0.2) is 25.5 Å². The van der Waals surface area contributed by atoms with Gasteiger partial charge in [0.05, 0.1) is 13.2 Å². The summed E-state index contributed by atoms with van der Waals surface area (Å²) in [6.07, 6.45) is 22.9. The quantitative estimate of drug-likeness (QED) is 0.0247. The molecular formula is C56H70O6.